The number of halogens is 1. The lowest BCUT2D eigenvalue weighted by molar-refractivity contribution is -0.113. The Labute approximate surface area is 195 Å². The first-order valence-corrected chi connectivity index (χ1v) is 10.7. The Kier molecular flexibility index (Phi) is 5.41. The van der Waals surface area contributed by atoms with Crippen LogP contribution in [0.25, 0.3) is 11.0 Å². The zero-order valence-electron chi connectivity index (χ0n) is 18.9. The van der Waals surface area contributed by atoms with Gasteiger partial charge in [0.05, 0.1) is 36.9 Å². The maximum Gasteiger partial charge on any atom is 0.255 e. The third-order valence-electron chi connectivity index (χ3n) is 5.90. The highest BCUT2D eigenvalue weighted by Gasteiger charge is 2.34. The smallest absolute Gasteiger partial charge is 0.255 e. The molecule has 0 aliphatic carbocycles. The number of methoxy groups -OCH3 is 2. The van der Waals surface area contributed by atoms with Crippen molar-refractivity contribution in [3.63, 3.8) is 0 Å². The lowest BCUT2D eigenvalue weighted by Crippen LogP contribution is -2.31. The van der Waals surface area contributed by atoms with Gasteiger partial charge in [-0.1, -0.05) is 18.2 Å². The van der Waals surface area contributed by atoms with Crippen molar-refractivity contribution in [2.45, 2.75) is 13.0 Å². The average Bonchev–Trinajstić information content (AvgIpc) is 3.21. The number of imidazole rings is 1. The van der Waals surface area contributed by atoms with Crippen LogP contribution in [-0.4, -0.2) is 29.7 Å². The van der Waals surface area contributed by atoms with E-state index >= 15 is 0 Å². The number of anilines is 2. The molecule has 1 atom stereocenters. The number of ether oxygens (including phenoxy) is 2. The van der Waals surface area contributed by atoms with Crippen molar-refractivity contribution in [3.05, 3.63) is 89.4 Å². The molecular formula is C26H23FN4O3. The maximum atomic E-state index is 13.6. The third kappa shape index (κ3) is 3.63. The number of amides is 1. The Morgan fingerprint density at radius 2 is 1.76 bits per heavy atom. The van der Waals surface area contributed by atoms with Crippen molar-refractivity contribution in [2.24, 2.45) is 0 Å². The van der Waals surface area contributed by atoms with Gasteiger partial charge in [-0.15, -0.1) is 0 Å². The zero-order chi connectivity index (χ0) is 23.8. The molecule has 3 aromatic carbocycles. The van der Waals surface area contributed by atoms with E-state index in [1.54, 1.807) is 14.2 Å². The highest BCUT2D eigenvalue weighted by atomic mass is 19.1. The number of allylic oxidation sites excluding steroid dienone is 1. The van der Waals surface area contributed by atoms with Crippen LogP contribution < -0.4 is 20.1 Å². The minimum Gasteiger partial charge on any atom is -0.493 e. The molecule has 2 heterocycles. The first kappa shape index (κ1) is 21.5. The molecule has 1 amide bonds. The van der Waals surface area contributed by atoms with Crippen LogP contribution in [0.2, 0.25) is 0 Å². The number of aromatic nitrogens is 2. The second kappa shape index (κ2) is 8.55. The van der Waals surface area contributed by atoms with Gasteiger partial charge < -0.3 is 20.1 Å². The number of nitrogens with one attached hydrogen (secondary N) is 2. The summed E-state index contributed by atoms with van der Waals surface area (Å²) in [6.45, 7) is 1.84. The lowest BCUT2D eigenvalue weighted by atomic mass is 9.94. The summed E-state index contributed by atoms with van der Waals surface area (Å²) in [5.74, 6) is 1.11. The lowest BCUT2D eigenvalue weighted by Gasteiger charge is -2.31. The topological polar surface area (TPSA) is 77.4 Å². The molecule has 172 valence electrons. The van der Waals surface area contributed by atoms with E-state index in [-0.39, 0.29) is 11.7 Å². The van der Waals surface area contributed by atoms with Gasteiger partial charge in [0.15, 0.2) is 11.5 Å². The highest BCUT2D eigenvalue weighted by molar-refractivity contribution is 6.06. The van der Waals surface area contributed by atoms with E-state index < -0.39 is 6.04 Å². The van der Waals surface area contributed by atoms with E-state index in [4.69, 9.17) is 14.5 Å². The summed E-state index contributed by atoms with van der Waals surface area (Å²) in [4.78, 5) is 18.3. The second-order valence-corrected chi connectivity index (χ2v) is 7.94. The molecule has 0 fully saturated rings. The van der Waals surface area contributed by atoms with Gasteiger partial charge >= 0.3 is 0 Å². The summed E-state index contributed by atoms with van der Waals surface area (Å²) < 4.78 is 26.3. The van der Waals surface area contributed by atoms with Crippen LogP contribution in [0.4, 0.5) is 16.0 Å². The SMILES string of the molecule is COc1ccc([C@H]2C(C(=O)Nc3ccc(F)cc3)=C(C)Nc3nc4ccccc4n32)cc1OC. The normalized spacial score (nSPS) is 15.0. The van der Waals surface area contributed by atoms with Gasteiger partial charge in [0.2, 0.25) is 5.95 Å². The Bertz CT molecular complexity index is 1430. The van der Waals surface area contributed by atoms with E-state index in [2.05, 4.69) is 10.6 Å². The summed E-state index contributed by atoms with van der Waals surface area (Å²) in [6.07, 6.45) is 0. The number of nitrogens with zero attached hydrogens (tertiary/aromatic N) is 2. The van der Waals surface area contributed by atoms with Gasteiger partial charge in [-0.25, -0.2) is 9.37 Å². The molecule has 8 heteroatoms. The highest BCUT2D eigenvalue weighted by Crippen LogP contribution is 2.41. The van der Waals surface area contributed by atoms with Crippen LogP contribution in [0, 0.1) is 5.82 Å². The number of carbonyl (C=O) groups excluding carboxylic acids is 1. The van der Waals surface area contributed by atoms with E-state index in [1.165, 1.54) is 24.3 Å². The average molecular weight is 458 g/mol. The van der Waals surface area contributed by atoms with Crippen LogP contribution in [0.1, 0.15) is 18.5 Å². The van der Waals surface area contributed by atoms with Gasteiger partial charge in [0.25, 0.3) is 5.91 Å². The van der Waals surface area contributed by atoms with Crippen molar-refractivity contribution >= 4 is 28.6 Å². The molecule has 7 nitrogen and oxygen atoms in total. The van der Waals surface area contributed by atoms with Crippen LogP contribution in [0.5, 0.6) is 11.5 Å². The maximum absolute atomic E-state index is 13.6. The van der Waals surface area contributed by atoms with E-state index in [1.807, 2.05) is 54.0 Å². The molecule has 1 aromatic heterocycles. The predicted molar refractivity (Wildman–Crippen MR) is 129 cm³/mol. The molecule has 1 aliphatic heterocycles. The molecule has 2 N–H and O–H groups in total. The summed E-state index contributed by atoms with van der Waals surface area (Å²) in [5, 5.41) is 6.18. The Morgan fingerprint density at radius 1 is 1.03 bits per heavy atom. The minimum atomic E-state index is -0.496. The summed E-state index contributed by atoms with van der Waals surface area (Å²) in [7, 11) is 3.15. The van der Waals surface area contributed by atoms with Gasteiger partial charge in [-0.3, -0.25) is 9.36 Å². The summed E-state index contributed by atoms with van der Waals surface area (Å²) >= 11 is 0. The molecule has 0 saturated carbocycles. The number of benzene rings is 3. The first-order valence-electron chi connectivity index (χ1n) is 10.7. The fourth-order valence-corrected chi connectivity index (χ4v) is 4.33. The fourth-order valence-electron chi connectivity index (χ4n) is 4.33. The number of carbonyl (C=O) groups is 1. The predicted octanol–water partition coefficient (Wildman–Crippen LogP) is 5.12. The van der Waals surface area contributed by atoms with Crippen molar-refractivity contribution in [2.75, 3.05) is 24.9 Å². The number of para-hydroxylation sites is 2. The molecular weight excluding hydrogens is 435 g/mol. The largest absolute Gasteiger partial charge is 0.493 e. The summed E-state index contributed by atoms with van der Waals surface area (Å²) in [6, 6.07) is 18.5. The summed E-state index contributed by atoms with van der Waals surface area (Å²) in [5.41, 5.74) is 4.19. The van der Waals surface area contributed by atoms with Crippen LogP contribution in [0.15, 0.2) is 78.0 Å². The van der Waals surface area contributed by atoms with Crippen molar-refractivity contribution < 1.29 is 18.7 Å². The Hall–Kier alpha value is -4.33. The molecule has 0 spiro atoms. The van der Waals surface area contributed by atoms with E-state index in [9.17, 15) is 9.18 Å². The Morgan fingerprint density at radius 3 is 2.50 bits per heavy atom. The van der Waals surface area contributed by atoms with Crippen molar-refractivity contribution in [1.29, 1.82) is 0 Å². The van der Waals surface area contributed by atoms with Crippen LogP contribution >= 0.6 is 0 Å². The molecule has 1 aliphatic rings. The van der Waals surface area contributed by atoms with E-state index in [0.29, 0.717) is 34.4 Å². The van der Waals surface area contributed by atoms with Gasteiger partial charge in [-0.2, -0.15) is 0 Å². The molecule has 4 aromatic rings. The van der Waals surface area contributed by atoms with E-state index in [0.717, 1.165) is 16.6 Å². The van der Waals surface area contributed by atoms with Crippen LogP contribution in [-0.2, 0) is 4.79 Å². The standard InChI is InChI=1S/C26H23FN4O3/c1-15-23(25(32)29-18-11-9-17(27)10-12-18)24(16-8-13-21(33-2)22(14-16)34-3)31-20-7-5-4-6-19(20)30-26(31)28-15/h4-14,24H,1-3H3,(H,28,30)(H,29,32)/t24-/m0/s1. The molecule has 0 unspecified atom stereocenters. The monoisotopic (exact) mass is 458 g/mol. The van der Waals surface area contributed by atoms with Crippen molar-refractivity contribution in [1.82, 2.24) is 9.55 Å². The van der Waals surface area contributed by atoms with Gasteiger partial charge in [-0.05, 0) is 61.0 Å². The molecule has 0 saturated heterocycles. The molecule has 0 bridgehead atoms. The molecule has 34 heavy (non-hydrogen) atoms. The van der Waals surface area contributed by atoms with Gasteiger partial charge in [0.1, 0.15) is 5.82 Å². The fraction of sp³-hybridized carbons (Fsp3) is 0.154. The molecule has 0 radical (unpaired) electrons. The first-order chi connectivity index (χ1) is 16.5. The zero-order valence-corrected chi connectivity index (χ0v) is 18.9. The number of hydrogen-bond donors (Lipinski definition) is 2. The van der Waals surface area contributed by atoms with Crippen LogP contribution in [0.3, 0.4) is 0 Å². The second-order valence-electron chi connectivity index (χ2n) is 7.94. The third-order valence-corrected chi connectivity index (χ3v) is 5.90. The minimum absolute atomic E-state index is 0.306. The van der Waals surface area contributed by atoms with Gasteiger partial charge in [0, 0.05) is 11.4 Å². The number of hydrogen-bond acceptors (Lipinski definition) is 5. The Balaban J connectivity index is 1.67. The molecule has 5 rings (SSSR count). The quantitative estimate of drug-likeness (QED) is 0.434. The number of fused-ring (bicyclic) bond motifs is 3. The van der Waals surface area contributed by atoms with Crippen molar-refractivity contribution in [3.8, 4) is 11.5 Å². The number of rotatable bonds is 5.